The molecule has 0 saturated heterocycles. The molecule has 0 aromatic heterocycles. The number of hydrogen-bond donors (Lipinski definition) is 2. The van der Waals surface area contributed by atoms with Gasteiger partial charge >= 0.3 is 19.8 Å². The van der Waals surface area contributed by atoms with Crippen LogP contribution in [0.1, 0.15) is 194 Å². The number of phosphoric acid groups is 1. The highest BCUT2D eigenvalue weighted by Crippen LogP contribution is 2.43. The third kappa shape index (κ3) is 48.2. The summed E-state index contributed by atoms with van der Waals surface area (Å²) in [5.74, 6) is -0.966. The fourth-order valence-corrected chi connectivity index (χ4v) is 7.03. The molecule has 3 N–H and O–H groups in total. The maximum absolute atomic E-state index is 12.6. The number of carbonyl (C=O) groups is 2. The maximum Gasteiger partial charge on any atom is 0.472 e. The van der Waals surface area contributed by atoms with Gasteiger partial charge in [-0.25, -0.2) is 4.57 Å². The molecule has 0 amide bonds. The molecule has 0 rings (SSSR count). The number of esters is 2. The monoisotopic (exact) mass is 900 g/mol. The third-order valence-electron chi connectivity index (χ3n) is 9.94. The van der Waals surface area contributed by atoms with Gasteiger partial charge < -0.3 is 20.1 Å². The van der Waals surface area contributed by atoms with Crippen LogP contribution < -0.4 is 5.73 Å². The normalized spacial score (nSPS) is 14.0. The molecule has 10 heteroatoms. The molecule has 0 aromatic rings. The number of unbranched alkanes of at least 4 members (excludes halogenated alkanes) is 16. The molecule has 0 saturated carbocycles. The lowest BCUT2D eigenvalue weighted by molar-refractivity contribution is -0.161. The number of ether oxygens (including phenoxy) is 2. The molecule has 360 valence electrons. The van der Waals surface area contributed by atoms with Gasteiger partial charge in [-0.15, -0.1) is 0 Å². The Balaban J connectivity index is 4.30. The quantitative estimate of drug-likeness (QED) is 0.0265. The first-order valence-electron chi connectivity index (χ1n) is 24.7. The second-order valence-electron chi connectivity index (χ2n) is 16.0. The summed E-state index contributed by atoms with van der Waals surface area (Å²) in [6, 6.07) is 0. The van der Waals surface area contributed by atoms with Crippen LogP contribution >= 0.6 is 7.82 Å². The molecule has 0 radical (unpaired) electrons. The van der Waals surface area contributed by atoms with Gasteiger partial charge in [-0.05, 0) is 89.9 Å². The number of hydrogen-bond acceptors (Lipinski definition) is 8. The zero-order valence-corrected chi connectivity index (χ0v) is 40.7. The van der Waals surface area contributed by atoms with Crippen molar-refractivity contribution in [2.45, 2.75) is 200 Å². The van der Waals surface area contributed by atoms with Crippen LogP contribution in [0.4, 0.5) is 0 Å². The molecule has 0 aromatic carbocycles. The number of nitrogens with two attached hydrogens (primary N) is 1. The highest BCUT2D eigenvalue weighted by Gasteiger charge is 2.25. The molecule has 0 aliphatic rings. The van der Waals surface area contributed by atoms with Crippen molar-refractivity contribution in [2.75, 3.05) is 26.4 Å². The molecular weight excluding hydrogens is 810 g/mol. The van der Waals surface area contributed by atoms with Crippen LogP contribution in [0.2, 0.25) is 0 Å². The summed E-state index contributed by atoms with van der Waals surface area (Å²) in [6.07, 6.45) is 63.2. The Kier molecular flexibility index (Phi) is 46.0. The summed E-state index contributed by atoms with van der Waals surface area (Å²) in [4.78, 5) is 35.0. The minimum atomic E-state index is -4.42. The fourth-order valence-electron chi connectivity index (χ4n) is 6.27. The van der Waals surface area contributed by atoms with Crippen LogP contribution in [-0.2, 0) is 32.7 Å². The van der Waals surface area contributed by atoms with Gasteiger partial charge in [0.05, 0.1) is 13.2 Å². The van der Waals surface area contributed by atoms with Crippen LogP contribution in [0, 0.1) is 0 Å². The van der Waals surface area contributed by atoms with Gasteiger partial charge in [0.15, 0.2) is 6.10 Å². The van der Waals surface area contributed by atoms with E-state index in [1.807, 2.05) is 12.2 Å². The summed E-state index contributed by atoms with van der Waals surface area (Å²) in [5, 5.41) is 0. The Labute approximate surface area is 385 Å². The van der Waals surface area contributed by atoms with Crippen LogP contribution in [0.15, 0.2) is 97.2 Å². The predicted octanol–water partition coefficient (Wildman–Crippen LogP) is 14.9. The number of rotatable bonds is 45. The lowest BCUT2D eigenvalue weighted by Gasteiger charge is -2.19. The van der Waals surface area contributed by atoms with Gasteiger partial charge in [0.1, 0.15) is 6.61 Å². The van der Waals surface area contributed by atoms with Crippen LogP contribution in [0.3, 0.4) is 0 Å². The van der Waals surface area contributed by atoms with Crippen LogP contribution in [0.25, 0.3) is 0 Å². The molecular formula is C53H90NO8P. The van der Waals surface area contributed by atoms with Crippen molar-refractivity contribution in [3.05, 3.63) is 97.2 Å². The fraction of sp³-hybridized carbons (Fsp3) is 0.660. The van der Waals surface area contributed by atoms with E-state index in [0.29, 0.717) is 19.3 Å². The molecule has 9 nitrogen and oxygen atoms in total. The highest BCUT2D eigenvalue weighted by atomic mass is 31.2. The lowest BCUT2D eigenvalue weighted by Crippen LogP contribution is -2.29. The van der Waals surface area contributed by atoms with E-state index in [1.54, 1.807) is 0 Å². The highest BCUT2D eigenvalue weighted by molar-refractivity contribution is 7.47. The molecule has 0 fully saturated rings. The number of phosphoric ester groups is 1. The van der Waals surface area contributed by atoms with Gasteiger partial charge in [0.25, 0.3) is 0 Å². The first-order valence-corrected chi connectivity index (χ1v) is 26.2. The zero-order valence-electron chi connectivity index (χ0n) is 39.8. The first kappa shape index (κ1) is 59.9. The summed E-state index contributed by atoms with van der Waals surface area (Å²) < 4.78 is 32.7. The van der Waals surface area contributed by atoms with Gasteiger partial charge in [0.2, 0.25) is 0 Å². The molecule has 0 spiro atoms. The first-order chi connectivity index (χ1) is 30.8. The smallest absolute Gasteiger partial charge is 0.462 e. The topological polar surface area (TPSA) is 134 Å². The van der Waals surface area contributed by atoms with Crippen molar-refractivity contribution in [3.63, 3.8) is 0 Å². The van der Waals surface area contributed by atoms with E-state index in [-0.39, 0.29) is 32.6 Å². The van der Waals surface area contributed by atoms with E-state index in [9.17, 15) is 19.0 Å². The summed E-state index contributed by atoms with van der Waals surface area (Å²) in [5.41, 5.74) is 5.35. The zero-order chi connectivity index (χ0) is 46.0. The Hall–Kier alpha value is -3.07. The van der Waals surface area contributed by atoms with E-state index in [2.05, 4.69) is 98.9 Å². The van der Waals surface area contributed by atoms with Crippen LogP contribution in [-0.4, -0.2) is 49.3 Å². The Bertz CT molecular complexity index is 1350. The van der Waals surface area contributed by atoms with Crippen molar-refractivity contribution < 1.29 is 37.6 Å². The standard InChI is InChI=1S/C53H90NO8P/c1-3-5-7-9-11-13-15-17-19-21-23-25-27-29-31-33-35-37-39-41-43-45-52(55)59-49-51(50-61-63(57,58)60-48-47-54)62-53(56)46-44-42-40-38-36-34-32-30-28-26-24-22-20-18-16-14-12-10-8-6-4-2/h19-22,25-28,31-34,37-40,51H,3-18,23-24,29-30,35-36,41-50,54H2,1-2H3,(H,57,58)/b21-19+,22-20+,27-25+,28-26+,33-31+,34-32+,39-37+,40-38+/t51-/m1/s1. The van der Waals surface area contributed by atoms with Crippen molar-refractivity contribution in [2.24, 2.45) is 5.73 Å². The minimum absolute atomic E-state index is 0.0325. The third-order valence-corrected chi connectivity index (χ3v) is 10.9. The van der Waals surface area contributed by atoms with Gasteiger partial charge in [-0.1, -0.05) is 188 Å². The van der Waals surface area contributed by atoms with Gasteiger partial charge in [-0.3, -0.25) is 18.6 Å². The molecule has 0 aliphatic heterocycles. The van der Waals surface area contributed by atoms with Crippen molar-refractivity contribution >= 4 is 19.8 Å². The van der Waals surface area contributed by atoms with Gasteiger partial charge in [0, 0.05) is 19.4 Å². The second kappa shape index (κ2) is 48.4. The summed E-state index contributed by atoms with van der Waals surface area (Å²) in [6.45, 7) is 3.59. The maximum atomic E-state index is 12.6. The van der Waals surface area contributed by atoms with E-state index < -0.39 is 32.5 Å². The predicted molar refractivity (Wildman–Crippen MR) is 265 cm³/mol. The molecule has 0 heterocycles. The van der Waals surface area contributed by atoms with E-state index >= 15 is 0 Å². The van der Waals surface area contributed by atoms with Crippen molar-refractivity contribution in [1.29, 1.82) is 0 Å². The average Bonchev–Trinajstić information content (AvgIpc) is 3.27. The second-order valence-corrected chi connectivity index (χ2v) is 17.4. The summed E-state index contributed by atoms with van der Waals surface area (Å²) >= 11 is 0. The van der Waals surface area contributed by atoms with Crippen LogP contribution in [0.5, 0.6) is 0 Å². The van der Waals surface area contributed by atoms with Crippen molar-refractivity contribution in [1.82, 2.24) is 0 Å². The van der Waals surface area contributed by atoms with E-state index in [1.165, 1.54) is 103 Å². The molecule has 0 aliphatic carbocycles. The summed E-state index contributed by atoms with van der Waals surface area (Å²) in [7, 11) is -4.42. The minimum Gasteiger partial charge on any atom is -0.462 e. The number of carbonyl (C=O) groups excluding carboxylic acids is 2. The molecule has 2 atom stereocenters. The number of allylic oxidation sites excluding steroid dienone is 16. The van der Waals surface area contributed by atoms with E-state index in [0.717, 1.165) is 44.9 Å². The Morgan fingerprint density at radius 3 is 1.22 bits per heavy atom. The van der Waals surface area contributed by atoms with Gasteiger partial charge in [-0.2, -0.15) is 0 Å². The van der Waals surface area contributed by atoms with E-state index in [4.69, 9.17) is 24.3 Å². The lowest BCUT2D eigenvalue weighted by atomic mass is 10.1. The largest absolute Gasteiger partial charge is 0.472 e. The molecule has 1 unspecified atom stereocenters. The molecule has 63 heavy (non-hydrogen) atoms. The molecule has 0 bridgehead atoms. The SMILES string of the molecule is CCCCCCCCC/C=C/C/C=C/C/C=C/C/C=C/CCCC(=O)OC[C@H](COP(=O)(O)OCCN)OC(=O)CCC/C=C/C/C=C/C/C=C/C/C=C/CCCCCCCCC. The average molecular weight is 900 g/mol. The Morgan fingerprint density at radius 2 is 0.825 bits per heavy atom. The van der Waals surface area contributed by atoms with Crippen molar-refractivity contribution in [3.8, 4) is 0 Å². The Morgan fingerprint density at radius 1 is 0.476 bits per heavy atom.